The van der Waals surface area contributed by atoms with E-state index in [2.05, 4.69) is 9.97 Å². The van der Waals surface area contributed by atoms with Gasteiger partial charge in [0.15, 0.2) is 0 Å². The molecule has 4 rings (SSSR count). The first-order valence-corrected chi connectivity index (χ1v) is 11.6. The Hall–Kier alpha value is -3.05. The Kier molecular flexibility index (Phi) is 6.38. The minimum absolute atomic E-state index is 0.125. The number of nitrogens with one attached hydrogen (secondary N) is 1. The Balaban J connectivity index is 1.42. The van der Waals surface area contributed by atoms with Gasteiger partial charge in [-0.3, -0.25) is 10.0 Å². The minimum atomic E-state index is -3.63. The molecule has 0 saturated carbocycles. The summed E-state index contributed by atoms with van der Waals surface area (Å²) in [7, 11) is -3.63. The van der Waals surface area contributed by atoms with Gasteiger partial charge in [0.2, 0.25) is 16.0 Å². The fraction of sp³-hybridized carbons (Fsp3) is 0.190. The Morgan fingerprint density at radius 1 is 0.906 bits per heavy atom. The first-order valence-electron chi connectivity index (χ1n) is 9.76. The lowest BCUT2D eigenvalue weighted by atomic mass is 10.1. The van der Waals surface area contributed by atoms with Gasteiger partial charge in [-0.2, -0.15) is 4.31 Å². The van der Waals surface area contributed by atoms with Gasteiger partial charge in [0, 0.05) is 43.6 Å². The third-order valence-corrected chi connectivity index (χ3v) is 7.36. The van der Waals surface area contributed by atoms with Crippen molar-refractivity contribution in [2.45, 2.75) is 4.90 Å². The molecular formula is C21H20ClN5O4S. The molecule has 1 amide bonds. The average molecular weight is 474 g/mol. The zero-order valence-electron chi connectivity index (χ0n) is 16.8. The molecular weight excluding hydrogens is 454 g/mol. The van der Waals surface area contributed by atoms with E-state index in [9.17, 15) is 13.2 Å². The van der Waals surface area contributed by atoms with E-state index in [-0.39, 0.29) is 23.5 Å². The van der Waals surface area contributed by atoms with E-state index < -0.39 is 15.9 Å². The molecule has 11 heteroatoms. The van der Waals surface area contributed by atoms with Crippen molar-refractivity contribution in [3.05, 3.63) is 71.5 Å². The van der Waals surface area contributed by atoms with Gasteiger partial charge in [-0.05, 0) is 35.4 Å². The van der Waals surface area contributed by atoms with Gasteiger partial charge in [0.1, 0.15) is 0 Å². The number of piperazine rings is 1. The van der Waals surface area contributed by atoms with Crippen LogP contribution in [0, 0.1) is 0 Å². The molecule has 166 valence electrons. The van der Waals surface area contributed by atoms with Crippen LogP contribution < -0.4 is 10.4 Å². The zero-order valence-corrected chi connectivity index (χ0v) is 18.4. The zero-order chi connectivity index (χ0) is 22.7. The van der Waals surface area contributed by atoms with Gasteiger partial charge in [0.05, 0.1) is 10.5 Å². The molecule has 2 heterocycles. The van der Waals surface area contributed by atoms with Crippen LogP contribution in [0.15, 0.2) is 65.8 Å². The predicted molar refractivity (Wildman–Crippen MR) is 119 cm³/mol. The number of hydrogen-bond acceptors (Lipinski definition) is 7. The fourth-order valence-corrected chi connectivity index (χ4v) is 4.95. The number of aromatic nitrogens is 2. The lowest BCUT2D eigenvalue weighted by Crippen LogP contribution is -2.49. The maximum atomic E-state index is 13.1. The third kappa shape index (κ3) is 4.58. The lowest BCUT2D eigenvalue weighted by Gasteiger charge is -2.34. The maximum Gasteiger partial charge on any atom is 0.277 e. The minimum Gasteiger partial charge on any atom is -0.338 e. The van der Waals surface area contributed by atoms with Crippen molar-refractivity contribution < 1.29 is 18.4 Å². The third-order valence-electron chi connectivity index (χ3n) is 5.19. The van der Waals surface area contributed by atoms with E-state index in [1.54, 1.807) is 36.4 Å². The van der Waals surface area contributed by atoms with Gasteiger partial charge in [0.25, 0.3) is 5.91 Å². The van der Waals surface area contributed by atoms with Crippen LogP contribution in [0.1, 0.15) is 10.4 Å². The number of hydroxylamine groups is 1. The van der Waals surface area contributed by atoms with Gasteiger partial charge in [-0.25, -0.2) is 23.9 Å². The van der Waals surface area contributed by atoms with Crippen LogP contribution in [0.25, 0.3) is 11.1 Å². The van der Waals surface area contributed by atoms with Gasteiger partial charge in [-0.1, -0.05) is 35.9 Å². The van der Waals surface area contributed by atoms with Crippen molar-refractivity contribution in [3.63, 3.8) is 0 Å². The van der Waals surface area contributed by atoms with E-state index in [1.165, 1.54) is 22.2 Å². The molecule has 1 aliphatic rings. The van der Waals surface area contributed by atoms with Crippen molar-refractivity contribution in [1.29, 1.82) is 0 Å². The summed E-state index contributed by atoms with van der Waals surface area (Å²) >= 11 is 5.92. The number of anilines is 1. The lowest BCUT2D eigenvalue weighted by molar-refractivity contribution is 0.0705. The highest BCUT2D eigenvalue weighted by Gasteiger charge is 2.29. The molecule has 1 saturated heterocycles. The molecule has 9 nitrogen and oxygen atoms in total. The fourth-order valence-electron chi connectivity index (χ4n) is 3.41. The largest absolute Gasteiger partial charge is 0.338 e. The summed E-state index contributed by atoms with van der Waals surface area (Å²) in [6, 6.07) is 14.1. The number of benzene rings is 2. The molecule has 1 fully saturated rings. The Bertz CT molecular complexity index is 1190. The second kappa shape index (κ2) is 9.21. The summed E-state index contributed by atoms with van der Waals surface area (Å²) in [5, 5.41) is 9.30. The summed E-state index contributed by atoms with van der Waals surface area (Å²) < 4.78 is 27.6. The number of nitrogens with zero attached hydrogens (tertiary/aromatic N) is 4. The van der Waals surface area contributed by atoms with Gasteiger partial charge in [-0.15, -0.1) is 0 Å². The van der Waals surface area contributed by atoms with E-state index in [0.29, 0.717) is 24.1 Å². The number of rotatable bonds is 5. The Labute approximate surface area is 190 Å². The molecule has 32 heavy (non-hydrogen) atoms. The van der Waals surface area contributed by atoms with Crippen molar-refractivity contribution in [2.75, 3.05) is 31.1 Å². The summed E-state index contributed by atoms with van der Waals surface area (Å²) in [6.07, 6.45) is 2.61. The molecule has 0 spiro atoms. The van der Waals surface area contributed by atoms with Gasteiger partial charge < -0.3 is 4.90 Å². The second-order valence-corrected chi connectivity index (χ2v) is 9.51. The summed E-state index contributed by atoms with van der Waals surface area (Å²) in [5.41, 5.74) is 3.50. The molecule has 2 aromatic carbocycles. The molecule has 0 radical (unpaired) electrons. The van der Waals surface area contributed by atoms with Crippen LogP contribution in [0.5, 0.6) is 0 Å². The highest BCUT2D eigenvalue weighted by atomic mass is 35.5. The number of sulfonamides is 1. The second-order valence-electron chi connectivity index (χ2n) is 7.14. The molecule has 3 aromatic rings. The van der Waals surface area contributed by atoms with E-state index >= 15 is 0 Å². The van der Waals surface area contributed by atoms with E-state index in [1.807, 2.05) is 17.0 Å². The number of carbonyl (C=O) groups excluding carboxylic acids is 1. The molecule has 0 bridgehead atoms. The van der Waals surface area contributed by atoms with Gasteiger partial charge >= 0.3 is 0 Å². The molecule has 1 aromatic heterocycles. The van der Waals surface area contributed by atoms with Crippen molar-refractivity contribution >= 4 is 33.5 Å². The summed E-state index contributed by atoms with van der Waals surface area (Å²) in [4.78, 5) is 21.7. The van der Waals surface area contributed by atoms with Crippen LogP contribution in [-0.2, 0) is 10.0 Å². The number of amides is 1. The van der Waals surface area contributed by atoms with Crippen LogP contribution in [0.3, 0.4) is 0 Å². The summed E-state index contributed by atoms with van der Waals surface area (Å²) in [6.45, 7) is 1.38. The first kappa shape index (κ1) is 22.2. The standard InChI is InChI=1S/C21H20ClN5O4S/c22-18-5-1-15(2-6-18)16-3-7-19(8-4-16)32(30,31)27-11-9-26(10-12-27)21-23-13-17(14-24-21)20(28)25-29/h1-8,13-14,29H,9-12H2,(H,25,28). The highest BCUT2D eigenvalue weighted by Crippen LogP contribution is 2.25. The van der Waals surface area contributed by atoms with Crippen LogP contribution in [0.2, 0.25) is 5.02 Å². The van der Waals surface area contributed by atoms with Crippen molar-refractivity contribution in [1.82, 2.24) is 19.8 Å². The van der Waals surface area contributed by atoms with Crippen molar-refractivity contribution in [3.8, 4) is 11.1 Å². The molecule has 1 aliphatic heterocycles. The van der Waals surface area contributed by atoms with E-state index in [4.69, 9.17) is 16.8 Å². The first-order chi connectivity index (χ1) is 15.4. The Morgan fingerprint density at radius 2 is 1.44 bits per heavy atom. The molecule has 2 N–H and O–H groups in total. The quantitative estimate of drug-likeness (QED) is 0.432. The van der Waals surface area contributed by atoms with Crippen LogP contribution in [0.4, 0.5) is 5.95 Å². The number of halogens is 1. The molecule has 0 atom stereocenters. The SMILES string of the molecule is O=C(NO)c1cnc(N2CCN(S(=O)(=O)c3ccc(-c4ccc(Cl)cc4)cc3)CC2)nc1. The smallest absolute Gasteiger partial charge is 0.277 e. The summed E-state index contributed by atoms with van der Waals surface area (Å²) in [5.74, 6) is -0.307. The Morgan fingerprint density at radius 3 is 1.97 bits per heavy atom. The maximum absolute atomic E-state index is 13.1. The molecule has 0 aliphatic carbocycles. The van der Waals surface area contributed by atoms with Crippen LogP contribution >= 0.6 is 11.6 Å². The van der Waals surface area contributed by atoms with Crippen LogP contribution in [-0.4, -0.2) is 60.0 Å². The number of hydrogen-bond donors (Lipinski definition) is 2. The number of carbonyl (C=O) groups is 1. The van der Waals surface area contributed by atoms with E-state index in [0.717, 1.165) is 11.1 Å². The molecule has 0 unspecified atom stereocenters. The highest BCUT2D eigenvalue weighted by molar-refractivity contribution is 7.89. The topological polar surface area (TPSA) is 116 Å². The average Bonchev–Trinajstić information content (AvgIpc) is 2.84. The monoisotopic (exact) mass is 473 g/mol. The van der Waals surface area contributed by atoms with Crippen molar-refractivity contribution in [2.24, 2.45) is 0 Å². The normalized spacial score (nSPS) is 14.9. The predicted octanol–water partition coefficient (Wildman–Crippen LogP) is 2.43.